The van der Waals surface area contributed by atoms with Gasteiger partial charge < -0.3 is 0 Å². The van der Waals surface area contributed by atoms with Crippen molar-refractivity contribution in [2.75, 3.05) is 0 Å². The summed E-state index contributed by atoms with van der Waals surface area (Å²) in [5, 5.41) is 0. The van der Waals surface area contributed by atoms with Crippen LogP contribution in [-0.4, -0.2) is 0 Å². The van der Waals surface area contributed by atoms with Crippen LogP contribution in [0.15, 0.2) is 0 Å². The molecule has 0 aromatic rings. The molecule has 0 saturated carbocycles. The molecule has 0 fully saturated rings. The molecule has 0 aliphatic carbocycles. The maximum absolute atomic E-state index is 8.41. The molecule has 0 aliphatic heterocycles. The number of hydrogen-bond acceptors (Lipinski definition) is 2. The van der Waals surface area contributed by atoms with E-state index < -0.39 is 14.8 Å². The normalized spacial score (nSPS) is 3.00. The predicted molar refractivity (Wildman–Crippen MR) is 1.37 cm³/mol. The molecule has 0 heterocycles. The SMILES string of the molecule is [Ni].[O]=[Mn]=[O]. The van der Waals surface area contributed by atoms with Crippen molar-refractivity contribution >= 4 is 0 Å². The molecule has 0 radical (unpaired) electrons. The molecule has 0 rings (SSSR count). The number of hydrogen-bond donors (Lipinski definition) is 0. The molecule has 0 aliphatic rings. The molecular formula is MnNiO2. The fourth-order valence-corrected chi connectivity index (χ4v) is 0. The van der Waals surface area contributed by atoms with Crippen molar-refractivity contribution in [2.45, 2.75) is 0 Å². The molecule has 0 N–H and O–H groups in total. The molecule has 0 amide bonds. The molecule has 29 valence electrons. The van der Waals surface area contributed by atoms with Crippen molar-refractivity contribution in [2.24, 2.45) is 0 Å². The van der Waals surface area contributed by atoms with Gasteiger partial charge in [-0.25, -0.2) is 0 Å². The van der Waals surface area contributed by atoms with E-state index >= 15 is 0 Å². The second-order valence-electron chi connectivity index (χ2n) is 0.0630. The van der Waals surface area contributed by atoms with Crippen LogP contribution in [0.2, 0.25) is 0 Å². The van der Waals surface area contributed by atoms with Crippen LogP contribution in [0.25, 0.3) is 0 Å². The van der Waals surface area contributed by atoms with Gasteiger partial charge in [0.05, 0.1) is 0 Å². The molecule has 0 bridgehead atoms. The van der Waals surface area contributed by atoms with Gasteiger partial charge in [0.15, 0.2) is 0 Å². The summed E-state index contributed by atoms with van der Waals surface area (Å²) in [7, 11) is 0. The standard InChI is InChI=1S/Mn.Ni.2O. The molecule has 0 spiro atoms. The second-order valence-corrected chi connectivity index (χ2v) is 0.260. The second kappa shape index (κ2) is 9.48. The van der Waals surface area contributed by atoms with Crippen LogP contribution in [0.5, 0.6) is 0 Å². The van der Waals surface area contributed by atoms with E-state index in [9.17, 15) is 0 Å². The monoisotopic (exact) mass is 145 g/mol. The van der Waals surface area contributed by atoms with E-state index in [1.165, 1.54) is 0 Å². The molecular weight excluding hydrogens is 146 g/mol. The molecule has 2 nitrogen and oxygen atoms in total. The third-order valence-electron chi connectivity index (χ3n) is 0. The fraction of sp³-hybridized carbons (Fsp3) is 0. The van der Waals surface area contributed by atoms with Crippen molar-refractivity contribution in [1.82, 2.24) is 0 Å². The molecule has 0 atom stereocenters. The summed E-state index contributed by atoms with van der Waals surface area (Å²) >= 11 is -1.44. The third kappa shape index (κ3) is 18.1. The average Bonchev–Trinajstić information content (AvgIpc) is 0.918. The molecule has 0 saturated heterocycles. The first-order valence-corrected chi connectivity index (χ1v) is 1.27. The van der Waals surface area contributed by atoms with E-state index in [-0.39, 0.29) is 16.5 Å². The Morgan fingerprint density at radius 2 is 1.25 bits per heavy atom. The zero-order chi connectivity index (χ0) is 2.71. The Balaban J connectivity index is 0. The van der Waals surface area contributed by atoms with Gasteiger partial charge in [-0.15, -0.1) is 0 Å². The topological polar surface area (TPSA) is 34.1 Å². The van der Waals surface area contributed by atoms with Crippen LogP contribution in [0.1, 0.15) is 0 Å². The first-order valence-electron chi connectivity index (χ1n) is 0.309. The van der Waals surface area contributed by atoms with E-state index in [1.807, 2.05) is 0 Å². The predicted octanol–water partition coefficient (Wildman–Crippen LogP) is -0.243. The Morgan fingerprint density at radius 3 is 1.25 bits per heavy atom. The van der Waals surface area contributed by atoms with E-state index in [0.717, 1.165) is 0 Å². The fourth-order valence-electron chi connectivity index (χ4n) is 0. The van der Waals surface area contributed by atoms with E-state index in [4.69, 9.17) is 7.67 Å². The number of rotatable bonds is 0. The van der Waals surface area contributed by atoms with Gasteiger partial charge >= 0.3 is 22.5 Å². The zero-order valence-electron chi connectivity index (χ0n) is 1.51. The van der Waals surface area contributed by atoms with Crippen LogP contribution >= 0.6 is 0 Å². The van der Waals surface area contributed by atoms with Crippen molar-refractivity contribution in [3.63, 3.8) is 0 Å². The van der Waals surface area contributed by atoms with Crippen LogP contribution in [0.3, 0.4) is 0 Å². The van der Waals surface area contributed by atoms with E-state index in [2.05, 4.69) is 0 Å². The third-order valence-corrected chi connectivity index (χ3v) is 0. The van der Waals surface area contributed by atoms with Crippen LogP contribution in [0, 0.1) is 0 Å². The van der Waals surface area contributed by atoms with Gasteiger partial charge in [-0.3, -0.25) is 0 Å². The Kier molecular flexibility index (Phi) is 20.9. The summed E-state index contributed by atoms with van der Waals surface area (Å²) in [6.45, 7) is 0. The minimum atomic E-state index is -1.44. The van der Waals surface area contributed by atoms with E-state index in [1.54, 1.807) is 0 Å². The molecule has 4 heteroatoms. The zero-order valence-corrected chi connectivity index (χ0v) is 3.68. The van der Waals surface area contributed by atoms with E-state index in [0.29, 0.717) is 0 Å². The minimum absolute atomic E-state index is 0. The quantitative estimate of drug-likeness (QED) is 0.441. The summed E-state index contributed by atoms with van der Waals surface area (Å²) in [6, 6.07) is 0. The van der Waals surface area contributed by atoms with Crippen molar-refractivity contribution in [1.29, 1.82) is 0 Å². The van der Waals surface area contributed by atoms with Gasteiger partial charge in [0.2, 0.25) is 0 Å². The molecule has 4 heavy (non-hydrogen) atoms. The average molecular weight is 146 g/mol. The molecule has 0 aromatic heterocycles. The first-order chi connectivity index (χ1) is 1.41. The van der Waals surface area contributed by atoms with Crippen molar-refractivity contribution in [3.05, 3.63) is 0 Å². The van der Waals surface area contributed by atoms with Crippen molar-refractivity contribution in [3.8, 4) is 0 Å². The summed E-state index contributed by atoms with van der Waals surface area (Å²) in [5.41, 5.74) is 0. The molecule has 0 unspecified atom stereocenters. The van der Waals surface area contributed by atoms with Crippen LogP contribution in [-0.2, 0) is 39.0 Å². The van der Waals surface area contributed by atoms with Crippen LogP contribution in [0.4, 0.5) is 0 Å². The molecule has 0 aromatic carbocycles. The van der Waals surface area contributed by atoms with Gasteiger partial charge in [0, 0.05) is 16.5 Å². The van der Waals surface area contributed by atoms with Gasteiger partial charge in [-0.05, 0) is 0 Å². The maximum atomic E-state index is 8.41. The van der Waals surface area contributed by atoms with Gasteiger partial charge in [-0.1, -0.05) is 0 Å². The van der Waals surface area contributed by atoms with Crippen molar-refractivity contribution < 1.29 is 39.0 Å². The Bertz CT molecular complexity index is 27.0. The Morgan fingerprint density at radius 1 is 1.25 bits per heavy atom. The summed E-state index contributed by atoms with van der Waals surface area (Å²) in [6.07, 6.45) is 0. The Hall–Kier alpha value is 0.613. The summed E-state index contributed by atoms with van der Waals surface area (Å²) < 4.78 is 16.8. The van der Waals surface area contributed by atoms with Gasteiger partial charge in [0.25, 0.3) is 0 Å². The van der Waals surface area contributed by atoms with Crippen LogP contribution < -0.4 is 0 Å². The summed E-state index contributed by atoms with van der Waals surface area (Å²) in [4.78, 5) is 0. The van der Waals surface area contributed by atoms with Gasteiger partial charge in [-0.2, -0.15) is 0 Å². The van der Waals surface area contributed by atoms with Gasteiger partial charge in [0.1, 0.15) is 0 Å². The summed E-state index contributed by atoms with van der Waals surface area (Å²) in [5.74, 6) is 0. The first kappa shape index (κ1) is 8.82. The Labute approximate surface area is 39.4 Å².